The molecule has 0 bridgehead atoms. The van der Waals surface area contributed by atoms with Crippen LogP contribution < -0.4 is 0 Å². The third kappa shape index (κ3) is 4.41. The average Bonchev–Trinajstić information content (AvgIpc) is 2.08. The molecule has 1 N–H and O–H groups in total. The number of aryl methyl sites for hydroxylation is 1. The van der Waals surface area contributed by atoms with Crippen molar-refractivity contribution in [1.29, 1.82) is 0 Å². The SMILES string of the molecule is O=S(O)CCCc1ccc(Cl)cc1. The second kappa shape index (κ2) is 5.37. The predicted octanol–water partition coefficient (Wildman–Crippen LogP) is 2.49. The number of benzene rings is 1. The Balaban J connectivity index is 2.37. The Morgan fingerprint density at radius 2 is 1.92 bits per heavy atom. The molecule has 1 rings (SSSR count). The van der Waals surface area contributed by atoms with Crippen LogP contribution in [0.3, 0.4) is 0 Å². The first-order chi connectivity index (χ1) is 6.18. The Morgan fingerprint density at radius 1 is 1.31 bits per heavy atom. The Labute approximate surface area is 85.2 Å². The zero-order chi connectivity index (χ0) is 9.68. The van der Waals surface area contributed by atoms with Gasteiger partial charge in [0, 0.05) is 10.8 Å². The van der Waals surface area contributed by atoms with Crippen molar-refractivity contribution in [2.24, 2.45) is 0 Å². The molecule has 0 aliphatic rings. The van der Waals surface area contributed by atoms with Crippen molar-refractivity contribution >= 4 is 22.7 Å². The molecule has 1 aromatic rings. The minimum Gasteiger partial charge on any atom is -0.306 e. The van der Waals surface area contributed by atoms with Crippen molar-refractivity contribution in [2.45, 2.75) is 12.8 Å². The van der Waals surface area contributed by atoms with Gasteiger partial charge in [-0.1, -0.05) is 23.7 Å². The minimum atomic E-state index is -1.67. The van der Waals surface area contributed by atoms with Crippen molar-refractivity contribution in [3.63, 3.8) is 0 Å². The lowest BCUT2D eigenvalue weighted by Crippen LogP contribution is -1.96. The van der Waals surface area contributed by atoms with Gasteiger partial charge in [-0.25, -0.2) is 4.21 Å². The van der Waals surface area contributed by atoms with E-state index in [1.807, 2.05) is 24.3 Å². The molecule has 0 radical (unpaired) electrons. The topological polar surface area (TPSA) is 37.3 Å². The first-order valence-corrected chi connectivity index (χ1v) is 5.66. The van der Waals surface area contributed by atoms with E-state index in [-0.39, 0.29) is 0 Å². The lowest BCUT2D eigenvalue weighted by atomic mass is 10.1. The smallest absolute Gasteiger partial charge is 0.152 e. The molecular formula is C9H11ClO2S. The monoisotopic (exact) mass is 218 g/mol. The summed E-state index contributed by atoms with van der Waals surface area (Å²) in [7, 11) is 0. The van der Waals surface area contributed by atoms with Crippen LogP contribution in [0.2, 0.25) is 5.02 Å². The fourth-order valence-electron chi connectivity index (χ4n) is 1.05. The fraction of sp³-hybridized carbons (Fsp3) is 0.333. The molecule has 0 aliphatic carbocycles. The number of hydrogen-bond donors (Lipinski definition) is 1. The van der Waals surface area contributed by atoms with Crippen molar-refractivity contribution < 1.29 is 8.76 Å². The van der Waals surface area contributed by atoms with Gasteiger partial charge >= 0.3 is 0 Å². The van der Waals surface area contributed by atoms with Crippen LogP contribution in [0.25, 0.3) is 0 Å². The molecule has 0 amide bonds. The van der Waals surface area contributed by atoms with Crippen LogP contribution in [0.4, 0.5) is 0 Å². The van der Waals surface area contributed by atoms with Crippen LogP contribution in [-0.2, 0) is 17.5 Å². The molecule has 0 aromatic heterocycles. The molecule has 0 spiro atoms. The van der Waals surface area contributed by atoms with Gasteiger partial charge < -0.3 is 4.55 Å². The number of halogens is 1. The molecule has 0 saturated heterocycles. The Hall–Kier alpha value is -0.380. The maximum absolute atomic E-state index is 10.3. The maximum atomic E-state index is 10.3. The van der Waals surface area contributed by atoms with Gasteiger partial charge in [0.05, 0.1) is 0 Å². The Bertz CT molecular complexity index is 284. The highest BCUT2D eigenvalue weighted by Gasteiger charge is 1.96. The zero-order valence-electron chi connectivity index (χ0n) is 7.07. The van der Waals surface area contributed by atoms with Crippen molar-refractivity contribution in [2.75, 3.05) is 5.75 Å². The van der Waals surface area contributed by atoms with Gasteiger partial charge in [-0.3, -0.25) is 0 Å². The van der Waals surface area contributed by atoms with Gasteiger partial charge in [0.25, 0.3) is 0 Å². The first-order valence-electron chi connectivity index (χ1n) is 4.00. The lowest BCUT2D eigenvalue weighted by molar-refractivity contribution is 0.561. The highest BCUT2D eigenvalue weighted by Crippen LogP contribution is 2.10. The van der Waals surface area contributed by atoms with Crippen LogP contribution in [-0.4, -0.2) is 14.5 Å². The molecule has 72 valence electrons. The molecule has 0 fully saturated rings. The number of rotatable bonds is 4. The van der Waals surface area contributed by atoms with Gasteiger partial charge in [0.2, 0.25) is 0 Å². The second-order valence-electron chi connectivity index (χ2n) is 2.76. The molecule has 13 heavy (non-hydrogen) atoms. The van der Waals surface area contributed by atoms with Gasteiger partial charge in [-0.05, 0) is 30.5 Å². The third-order valence-corrected chi connectivity index (χ3v) is 2.59. The summed E-state index contributed by atoms with van der Waals surface area (Å²) in [5.41, 5.74) is 1.15. The largest absolute Gasteiger partial charge is 0.306 e. The van der Waals surface area contributed by atoms with E-state index in [9.17, 15) is 4.21 Å². The van der Waals surface area contributed by atoms with E-state index in [1.54, 1.807) is 0 Å². The first kappa shape index (κ1) is 10.7. The van der Waals surface area contributed by atoms with Crippen LogP contribution >= 0.6 is 11.6 Å². The second-order valence-corrected chi connectivity index (χ2v) is 4.24. The summed E-state index contributed by atoms with van der Waals surface area (Å²) in [4.78, 5) is 0. The summed E-state index contributed by atoms with van der Waals surface area (Å²) in [6.45, 7) is 0. The molecule has 1 aromatic carbocycles. The normalized spacial score (nSPS) is 12.8. The third-order valence-electron chi connectivity index (χ3n) is 1.70. The quantitative estimate of drug-likeness (QED) is 0.789. The summed E-state index contributed by atoms with van der Waals surface area (Å²) < 4.78 is 18.9. The Kier molecular flexibility index (Phi) is 4.42. The van der Waals surface area contributed by atoms with Gasteiger partial charge in [0.1, 0.15) is 0 Å². The summed E-state index contributed by atoms with van der Waals surface area (Å²) in [6.07, 6.45) is 1.55. The van der Waals surface area contributed by atoms with Crippen molar-refractivity contribution in [3.05, 3.63) is 34.9 Å². The lowest BCUT2D eigenvalue weighted by Gasteiger charge is -1.99. The number of hydrogen-bond acceptors (Lipinski definition) is 1. The predicted molar refractivity (Wildman–Crippen MR) is 55.4 cm³/mol. The van der Waals surface area contributed by atoms with Gasteiger partial charge in [-0.15, -0.1) is 0 Å². The summed E-state index contributed by atoms with van der Waals surface area (Å²) in [5, 5.41) is 0.717. The van der Waals surface area contributed by atoms with Gasteiger partial charge in [0.15, 0.2) is 11.1 Å². The van der Waals surface area contributed by atoms with E-state index in [2.05, 4.69) is 0 Å². The fourth-order valence-corrected chi connectivity index (χ4v) is 1.57. The summed E-state index contributed by atoms with van der Waals surface area (Å²) in [5.74, 6) is 0.336. The van der Waals surface area contributed by atoms with Crippen LogP contribution in [0, 0.1) is 0 Å². The van der Waals surface area contributed by atoms with E-state index < -0.39 is 11.1 Å². The molecule has 1 atom stereocenters. The van der Waals surface area contributed by atoms with E-state index >= 15 is 0 Å². The standard InChI is InChI=1S/C9H11ClO2S/c10-9-5-3-8(4-6-9)2-1-7-13(11)12/h3-6H,1-2,7H2,(H,11,12). The van der Waals surface area contributed by atoms with E-state index in [0.29, 0.717) is 5.75 Å². The maximum Gasteiger partial charge on any atom is 0.152 e. The highest BCUT2D eigenvalue weighted by molar-refractivity contribution is 7.79. The van der Waals surface area contributed by atoms with E-state index in [4.69, 9.17) is 16.2 Å². The van der Waals surface area contributed by atoms with Crippen molar-refractivity contribution in [1.82, 2.24) is 0 Å². The van der Waals surface area contributed by atoms with Crippen LogP contribution in [0.5, 0.6) is 0 Å². The minimum absolute atomic E-state index is 0.336. The molecule has 4 heteroatoms. The van der Waals surface area contributed by atoms with Gasteiger partial charge in [-0.2, -0.15) is 0 Å². The molecule has 1 unspecified atom stereocenters. The highest BCUT2D eigenvalue weighted by atomic mass is 35.5. The zero-order valence-corrected chi connectivity index (χ0v) is 8.64. The average molecular weight is 219 g/mol. The molecule has 0 heterocycles. The van der Waals surface area contributed by atoms with E-state index in [0.717, 1.165) is 23.4 Å². The summed E-state index contributed by atoms with van der Waals surface area (Å²) >= 11 is 4.04. The molecular weight excluding hydrogens is 208 g/mol. The molecule has 2 nitrogen and oxygen atoms in total. The van der Waals surface area contributed by atoms with Crippen LogP contribution in [0.1, 0.15) is 12.0 Å². The van der Waals surface area contributed by atoms with Crippen LogP contribution in [0.15, 0.2) is 24.3 Å². The van der Waals surface area contributed by atoms with E-state index in [1.165, 1.54) is 0 Å². The Morgan fingerprint density at radius 3 is 2.46 bits per heavy atom. The molecule has 0 aliphatic heterocycles. The molecule has 0 saturated carbocycles. The van der Waals surface area contributed by atoms with Crippen molar-refractivity contribution in [3.8, 4) is 0 Å². The summed E-state index contributed by atoms with van der Waals surface area (Å²) in [6, 6.07) is 7.52.